The first-order chi connectivity index (χ1) is 26.3. The van der Waals surface area contributed by atoms with E-state index in [0.29, 0.717) is 0 Å². The molecule has 53 heavy (non-hydrogen) atoms. The van der Waals surface area contributed by atoms with Crippen molar-refractivity contribution in [1.82, 2.24) is 0 Å². The molecule has 0 bridgehead atoms. The van der Waals surface area contributed by atoms with Crippen molar-refractivity contribution < 1.29 is 0 Å². The average molecular weight is 674 g/mol. The first kappa shape index (κ1) is 30.8. The summed E-state index contributed by atoms with van der Waals surface area (Å²) in [5.41, 5.74) is 10.5. The molecule has 10 aromatic carbocycles. The Hall–Kier alpha value is -6.96. The molecule has 0 fully saturated rings. The molecule has 10 rings (SSSR count). The van der Waals surface area contributed by atoms with Crippen molar-refractivity contribution in [1.29, 1.82) is 0 Å². The normalized spacial score (nSPS) is 11.4. The van der Waals surface area contributed by atoms with E-state index in [1.165, 1.54) is 76.5 Å². The Morgan fingerprint density at radius 3 is 1.51 bits per heavy atom. The third-order valence-electron chi connectivity index (χ3n) is 10.7. The van der Waals surface area contributed by atoms with Crippen molar-refractivity contribution in [3.05, 3.63) is 212 Å². The smallest absolute Gasteiger partial charge is 0.0540 e. The SMILES string of the molecule is c1ccc(-c2ccc(N(c3ccccc3-c3ccc4c(ccc5c6ccccc6ccc45)c3)c3ccccc3-c3cccc4ccccc34)cc2)cc1. The van der Waals surface area contributed by atoms with Crippen molar-refractivity contribution in [2.45, 2.75) is 0 Å². The highest BCUT2D eigenvalue weighted by molar-refractivity contribution is 6.17. The van der Waals surface area contributed by atoms with Gasteiger partial charge in [0.05, 0.1) is 11.4 Å². The minimum absolute atomic E-state index is 1.10. The molecule has 0 heterocycles. The highest BCUT2D eigenvalue weighted by Crippen LogP contribution is 2.46. The number of rotatable bonds is 6. The van der Waals surface area contributed by atoms with Gasteiger partial charge in [-0.05, 0) is 95.7 Å². The van der Waals surface area contributed by atoms with Gasteiger partial charge in [0.2, 0.25) is 0 Å². The second-order valence-corrected chi connectivity index (χ2v) is 13.7. The Morgan fingerprint density at radius 2 is 0.736 bits per heavy atom. The Bertz CT molecular complexity index is 2940. The second-order valence-electron chi connectivity index (χ2n) is 13.7. The van der Waals surface area contributed by atoms with Crippen LogP contribution in [0.3, 0.4) is 0 Å². The first-order valence-corrected chi connectivity index (χ1v) is 18.3. The largest absolute Gasteiger partial charge is 0.309 e. The lowest BCUT2D eigenvalue weighted by molar-refractivity contribution is 1.28. The van der Waals surface area contributed by atoms with Gasteiger partial charge in [-0.2, -0.15) is 0 Å². The molecule has 1 nitrogen and oxygen atoms in total. The van der Waals surface area contributed by atoms with Crippen LogP contribution in [-0.4, -0.2) is 0 Å². The fourth-order valence-electron chi connectivity index (χ4n) is 8.11. The third kappa shape index (κ3) is 5.42. The molecule has 0 aliphatic heterocycles. The molecule has 0 atom stereocenters. The Balaban J connectivity index is 1.17. The lowest BCUT2D eigenvalue weighted by Crippen LogP contribution is -2.12. The molecule has 0 amide bonds. The topological polar surface area (TPSA) is 3.24 Å². The van der Waals surface area contributed by atoms with Crippen LogP contribution in [0.5, 0.6) is 0 Å². The molecule has 0 unspecified atom stereocenters. The molecular formula is C52H35N. The molecule has 0 radical (unpaired) electrons. The van der Waals surface area contributed by atoms with Crippen molar-refractivity contribution in [2.75, 3.05) is 4.90 Å². The number of fused-ring (bicyclic) bond motifs is 6. The van der Waals surface area contributed by atoms with Crippen LogP contribution in [0.1, 0.15) is 0 Å². The van der Waals surface area contributed by atoms with E-state index in [0.717, 1.165) is 17.1 Å². The van der Waals surface area contributed by atoms with Gasteiger partial charge in [0.15, 0.2) is 0 Å². The number of benzene rings is 10. The monoisotopic (exact) mass is 673 g/mol. The summed E-state index contributed by atoms with van der Waals surface area (Å²) in [5.74, 6) is 0. The summed E-state index contributed by atoms with van der Waals surface area (Å²) in [5, 5.41) is 10.1. The van der Waals surface area contributed by atoms with Gasteiger partial charge >= 0.3 is 0 Å². The van der Waals surface area contributed by atoms with Crippen LogP contribution in [0.15, 0.2) is 212 Å². The predicted octanol–water partition coefficient (Wildman–Crippen LogP) is 14.8. The van der Waals surface area contributed by atoms with Crippen LogP contribution in [0, 0.1) is 0 Å². The molecular weight excluding hydrogens is 639 g/mol. The minimum atomic E-state index is 1.10. The quantitative estimate of drug-likeness (QED) is 0.159. The third-order valence-corrected chi connectivity index (χ3v) is 10.7. The highest BCUT2D eigenvalue weighted by atomic mass is 15.1. The molecule has 0 N–H and O–H groups in total. The van der Waals surface area contributed by atoms with Crippen LogP contribution >= 0.6 is 0 Å². The van der Waals surface area contributed by atoms with E-state index in [2.05, 4.69) is 217 Å². The summed E-state index contributed by atoms with van der Waals surface area (Å²) in [6.07, 6.45) is 0. The van der Waals surface area contributed by atoms with Crippen molar-refractivity contribution >= 4 is 60.2 Å². The van der Waals surface area contributed by atoms with E-state index in [4.69, 9.17) is 0 Å². The molecule has 0 spiro atoms. The fraction of sp³-hybridized carbons (Fsp3) is 0. The summed E-state index contributed by atoms with van der Waals surface area (Å²) >= 11 is 0. The molecule has 0 aliphatic rings. The number of hydrogen-bond donors (Lipinski definition) is 0. The maximum Gasteiger partial charge on any atom is 0.0540 e. The molecule has 248 valence electrons. The lowest BCUT2D eigenvalue weighted by atomic mass is 9.93. The van der Waals surface area contributed by atoms with Gasteiger partial charge in [-0.3, -0.25) is 0 Å². The molecule has 10 aromatic rings. The number of hydrogen-bond acceptors (Lipinski definition) is 1. The van der Waals surface area contributed by atoms with Crippen LogP contribution < -0.4 is 4.90 Å². The van der Waals surface area contributed by atoms with E-state index < -0.39 is 0 Å². The van der Waals surface area contributed by atoms with Gasteiger partial charge in [0.25, 0.3) is 0 Å². The lowest BCUT2D eigenvalue weighted by Gasteiger charge is -2.30. The molecule has 0 saturated heterocycles. The van der Waals surface area contributed by atoms with Gasteiger partial charge in [-0.1, -0.05) is 182 Å². The summed E-state index contributed by atoms with van der Waals surface area (Å²) in [6.45, 7) is 0. The van der Waals surface area contributed by atoms with Gasteiger partial charge in [-0.15, -0.1) is 0 Å². The molecule has 0 aromatic heterocycles. The standard InChI is InChI=1S/C52H35N/c1-2-13-36(14-3-1)37-25-30-42(31-26-37)53(52-24-11-9-21-50(52)47-22-12-17-38-15-4-6-18-43(38)47)51-23-10-8-20-46(51)41-28-32-45-40(35-41)29-34-48-44-19-7-5-16-39(44)27-33-49(45)48/h1-35H. The summed E-state index contributed by atoms with van der Waals surface area (Å²) in [4.78, 5) is 2.44. The zero-order valence-corrected chi connectivity index (χ0v) is 29.2. The summed E-state index contributed by atoms with van der Waals surface area (Å²) in [6, 6.07) is 77.3. The van der Waals surface area contributed by atoms with Crippen molar-refractivity contribution in [2.24, 2.45) is 0 Å². The highest BCUT2D eigenvalue weighted by Gasteiger charge is 2.21. The van der Waals surface area contributed by atoms with Gasteiger partial charge in [-0.25, -0.2) is 0 Å². The maximum absolute atomic E-state index is 2.44. The Labute approximate surface area is 309 Å². The van der Waals surface area contributed by atoms with Crippen LogP contribution in [0.2, 0.25) is 0 Å². The fourth-order valence-corrected chi connectivity index (χ4v) is 8.11. The molecule has 0 saturated carbocycles. The van der Waals surface area contributed by atoms with E-state index in [1.54, 1.807) is 0 Å². The first-order valence-electron chi connectivity index (χ1n) is 18.3. The Morgan fingerprint density at radius 1 is 0.245 bits per heavy atom. The van der Waals surface area contributed by atoms with E-state index in [-0.39, 0.29) is 0 Å². The van der Waals surface area contributed by atoms with Gasteiger partial charge in [0.1, 0.15) is 0 Å². The van der Waals surface area contributed by atoms with Crippen LogP contribution in [0.4, 0.5) is 17.1 Å². The van der Waals surface area contributed by atoms with Crippen LogP contribution in [-0.2, 0) is 0 Å². The number of para-hydroxylation sites is 2. The van der Waals surface area contributed by atoms with Crippen molar-refractivity contribution in [3.8, 4) is 33.4 Å². The zero-order valence-electron chi connectivity index (χ0n) is 29.2. The minimum Gasteiger partial charge on any atom is -0.309 e. The van der Waals surface area contributed by atoms with Gasteiger partial charge in [0, 0.05) is 16.8 Å². The average Bonchev–Trinajstić information content (AvgIpc) is 3.24. The van der Waals surface area contributed by atoms with Crippen molar-refractivity contribution in [3.63, 3.8) is 0 Å². The zero-order chi connectivity index (χ0) is 35.1. The Kier molecular flexibility index (Phi) is 7.55. The van der Waals surface area contributed by atoms with E-state index in [9.17, 15) is 0 Å². The number of nitrogens with zero attached hydrogens (tertiary/aromatic N) is 1. The maximum atomic E-state index is 2.44. The molecule has 0 aliphatic carbocycles. The van der Waals surface area contributed by atoms with E-state index >= 15 is 0 Å². The van der Waals surface area contributed by atoms with E-state index in [1.807, 2.05) is 0 Å². The summed E-state index contributed by atoms with van der Waals surface area (Å²) in [7, 11) is 0. The van der Waals surface area contributed by atoms with Crippen LogP contribution in [0.25, 0.3) is 76.5 Å². The number of anilines is 3. The second kappa shape index (κ2) is 13.0. The molecule has 1 heteroatoms. The summed E-state index contributed by atoms with van der Waals surface area (Å²) < 4.78 is 0. The van der Waals surface area contributed by atoms with Gasteiger partial charge < -0.3 is 4.90 Å². The predicted molar refractivity (Wildman–Crippen MR) is 227 cm³/mol.